The number of carbonyl (C=O) groups excluding carboxylic acids is 1. The zero-order chi connectivity index (χ0) is 11.0. The Labute approximate surface area is 96.1 Å². The molecule has 0 aromatic heterocycles. The van der Waals surface area contributed by atoms with Crippen LogP contribution in [0.1, 0.15) is 42.7 Å². The Morgan fingerprint density at radius 1 is 1.19 bits per heavy atom. The van der Waals surface area contributed by atoms with E-state index < -0.39 is 0 Å². The van der Waals surface area contributed by atoms with Crippen molar-refractivity contribution in [1.29, 1.82) is 0 Å². The molecule has 0 amide bonds. The van der Waals surface area contributed by atoms with Gasteiger partial charge in [0.15, 0.2) is 0 Å². The molecule has 1 aromatic rings. The van der Waals surface area contributed by atoms with Crippen molar-refractivity contribution in [3.05, 3.63) is 29.3 Å². The highest BCUT2D eigenvalue weighted by Crippen LogP contribution is 2.37. The van der Waals surface area contributed by atoms with Crippen molar-refractivity contribution in [3.63, 3.8) is 0 Å². The molecule has 1 fully saturated rings. The third-order valence-electron chi connectivity index (χ3n) is 3.81. The molecule has 2 heteroatoms. The molecule has 2 nitrogen and oxygen atoms in total. The van der Waals surface area contributed by atoms with Crippen LogP contribution >= 0.6 is 0 Å². The van der Waals surface area contributed by atoms with Gasteiger partial charge in [-0.15, -0.1) is 0 Å². The Morgan fingerprint density at radius 2 is 2.12 bits per heavy atom. The highest BCUT2D eigenvalue weighted by Gasteiger charge is 2.27. The maximum absolute atomic E-state index is 12.0. The summed E-state index contributed by atoms with van der Waals surface area (Å²) < 4.78 is 0. The highest BCUT2D eigenvalue weighted by molar-refractivity contribution is 5.88. The van der Waals surface area contributed by atoms with E-state index in [1.165, 1.54) is 23.2 Å². The van der Waals surface area contributed by atoms with Crippen molar-refractivity contribution < 1.29 is 4.79 Å². The number of hydrogen-bond acceptors (Lipinski definition) is 2. The second-order valence-corrected chi connectivity index (χ2v) is 4.82. The Bertz CT molecular complexity index is 425. The summed E-state index contributed by atoms with van der Waals surface area (Å²) in [5.41, 5.74) is 3.89. The highest BCUT2D eigenvalue weighted by atomic mass is 16.1. The molecule has 0 unspecified atom stereocenters. The molecule has 0 spiro atoms. The summed E-state index contributed by atoms with van der Waals surface area (Å²) in [4.78, 5) is 12.0. The van der Waals surface area contributed by atoms with Gasteiger partial charge in [-0.1, -0.05) is 24.6 Å². The molecule has 16 heavy (non-hydrogen) atoms. The number of fused-ring (bicyclic) bond motifs is 1. The summed E-state index contributed by atoms with van der Waals surface area (Å²) in [6.07, 6.45) is 5.19. The predicted molar refractivity (Wildman–Crippen MR) is 64.9 cm³/mol. The standard InChI is InChI=1S/C14H17NO/c16-13-7-2-1-5-11(13)12-6-3-4-10-8-9-15-14(10)12/h3-4,6,11,15H,1-2,5,7-9H2/t11-/m1/s1. The van der Waals surface area contributed by atoms with Crippen LogP contribution in [-0.2, 0) is 11.2 Å². The third kappa shape index (κ3) is 1.53. The number of hydrogen-bond donors (Lipinski definition) is 1. The lowest BCUT2D eigenvalue weighted by Crippen LogP contribution is -2.18. The van der Waals surface area contributed by atoms with Gasteiger partial charge in [0.1, 0.15) is 5.78 Å². The zero-order valence-electron chi connectivity index (χ0n) is 9.46. The van der Waals surface area contributed by atoms with Gasteiger partial charge in [-0.2, -0.15) is 0 Å². The maximum atomic E-state index is 12.0. The molecular formula is C14H17NO. The minimum Gasteiger partial charge on any atom is -0.384 e. The van der Waals surface area contributed by atoms with Crippen molar-refractivity contribution in [2.75, 3.05) is 11.9 Å². The molecular weight excluding hydrogens is 198 g/mol. The van der Waals surface area contributed by atoms with Gasteiger partial charge in [-0.3, -0.25) is 4.79 Å². The number of para-hydroxylation sites is 1. The second kappa shape index (κ2) is 3.93. The lowest BCUT2D eigenvalue weighted by atomic mass is 9.82. The summed E-state index contributed by atoms with van der Waals surface area (Å²) in [5.74, 6) is 0.600. The molecule has 2 aliphatic rings. The van der Waals surface area contributed by atoms with Gasteiger partial charge in [0.05, 0.1) is 0 Å². The molecule has 1 saturated carbocycles. The summed E-state index contributed by atoms with van der Waals surface area (Å²) in [7, 11) is 0. The average Bonchev–Trinajstić information content (AvgIpc) is 2.77. The number of benzene rings is 1. The van der Waals surface area contributed by atoms with Crippen LogP contribution in [0.4, 0.5) is 5.69 Å². The van der Waals surface area contributed by atoms with Crippen LogP contribution in [0.2, 0.25) is 0 Å². The van der Waals surface area contributed by atoms with Gasteiger partial charge in [0.2, 0.25) is 0 Å². The van der Waals surface area contributed by atoms with Crippen LogP contribution in [-0.4, -0.2) is 12.3 Å². The summed E-state index contributed by atoms with van der Waals surface area (Å²) >= 11 is 0. The van der Waals surface area contributed by atoms with Gasteiger partial charge >= 0.3 is 0 Å². The first-order valence-electron chi connectivity index (χ1n) is 6.24. The topological polar surface area (TPSA) is 29.1 Å². The van der Waals surface area contributed by atoms with Crippen LogP contribution < -0.4 is 5.32 Å². The zero-order valence-corrected chi connectivity index (χ0v) is 9.46. The first-order chi connectivity index (χ1) is 7.86. The van der Waals surface area contributed by atoms with E-state index >= 15 is 0 Å². The monoisotopic (exact) mass is 215 g/mol. The molecule has 1 aliphatic carbocycles. The van der Waals surface area contributed by atoms with E-state index in [0.29, 0.717) is 5.78 Å². The maximum Gasteiger partial charge on any atom is 0.140 e. The van der Waals surface area contributed by atoms with Crippen molar-refractivity contribution in [3.8, 4) is 0 Å². The number of nitrogens with one attached hydrogen (secondary N) is 1. The van der Waals surface area contributed by atoms with Crippen molar-refractivity contribution in [2.24, 2.45) is 0 Å². The van der Waals surface area contributed by atoms with E-state index in [1.807, 2.05) is 0 Å². The Balaban J connectivity index is 1.99. The normalized spacial score (nSPS) is 24.0. The molecule has 3 rings (SSSR count). The van der Waals surface area contributed by atoms with E-state index in [4.69, 9.17) is 0 Å². The van der Waals surface area contributed by atoms with Gasteiger partial charge in [0.25, 0.3) is 0 Å². The minimum atomic E-state index is 0.161. The van der Waals surface area contributed by atoms with Gasteiger partial charge in [-0.25, -0.2) is 0 Å². The molecule has 1 aliphatic heterocycles. The minimum absolute atomic E-state index is 0.161. The van der Waals surface area contributed by atoms with Crippen molar-refractivity contribution >= 4 is 11.5 Å². The number of ketones is 1. The SMILES string of the molecule is O=C1CCCC[C@@H]1c1cccc2c1NCC2. The molecule has 1 N–H and O–H groups in total. The average molecular weight is 215 g/mol. The smallest absolute Gasteiger partial charge is 0.140 e. The largest absolute Gasteiger partial charge is 0.384 e. The number of Topliss-reactive ketones (excluding diaryl/α,β-unsaturated/α-hetero) is 1. The molecule has 1 atom stereocenters. The van der Waals surface area contributed by atoms with E-state index in [-0.39, 0.29) is 5.92 Å². The fraction of sp³-hybridized carbons (Fsp3) is 0.500. The summed E-state index contributed by atoms with van der Waals surface area (Å²) in [6, 6.07) is 6.40. The molecule has 0 saturated heterocycles. The first-order valence-corrected chi connectivity index (χ1v) is 6.24. The molecule has 84 valence electrons. The van der Waals surface area contributed by atoms with Crippen molar-refractivity contribution in [2.45, 2.75) is 38.0 Å². The van der Waals surface area contributed by atoms with E-state index in [2.05, 4.69) is 23.5 Å². The summed E-state index contributed by atoms with van der Waals surface area (Å²) in [5, 5.41) is 3.43. The third-order valence-corrected chi connectivity index (χ3v) is 3.81. The molecule has 1 heterocycles. The molecule has 1 aromatic carbocycles. The van der Waals surface area contributed by atoms with Crippen molar-refractivity contribution in [1.82, 2.24) is 0 Å². The number of anilines is 1. The van der Waals surface area contributed by atoms with Gasteiger partial charge in [-0.05, 0) is 30.4 Å². The van der Waals surface area contributed by atoms with Crippen LogP contribution in [0.25, 0.3) is 0 Å². The van der Waals surface area contributed by atoms with Crippen LogP contribution in [0, 0.1) is 0 Å². The number of rotatable bonds is 1. The van der Waals surface area contributed by atoms with Gasteiger partial charge < -0.3 is 5.32 Å². The quantitative estimate of drug-likeness (QED) is 0.780. The number of carbonyl (C=O) groups is 1. The lowest BCUT2D eigenvalue weighted by molar-refractivity contribution is -0.121. The predicted octanol–water partition coefficient (Wildman–Crippen LogP) is 2.88. The fourth-order valence-corrected chi connectivity index (χ4v) is 2.97. The van der Waals surface area contributed by atoms with E-state index in [0.717, 1.165) is 32.2 Å². The molecule has 0 radical (unpaired) electrons. The van der Waals surface area contributed by atoms with E-state index in [1.54, 1.807) is 0 Å². The van der Waals surface area contributed by atoms with Gasteiger partial charge in [0, 0.05) is 24.6 Å². The lowest BCUT2D eigenvalue weighted by Gasteiger charge is -2.23. The molecule has 0 bridgehead atoms. The van der Waals surface area contributed by atoms with Crippen LogP contribution in [0.3, 0.4) is 0 Å². The Morgan fingerprint density at radius 3 is 3.00 bits per heavy atom. The van der Waals surface area contributed by atoms with Crippen LogP contribution in [0.5, 0.6) is 0 Å². The van der Waals surface area contributed by atoms with E-state index in [9.17, 15) is 4.79 Å². The Kier molecular flexibility index (Phi) is 2.43. The Hall–Kier alpha value is -1.31. The fourth-order valence-electron chi connectivity index (χ4n) is 2.97. The summed E-state index contributed by atoms with van der Waals surface area (Å²) in [6.45, 7) is 1.02. The first kappa shape index (κ1) is 9.88. The van der Waals surface area contributed by atoms with Crippen LogP contribution in [0.15, 0.2) is 18.2 Å². The second-order valence-electron chi connectivity index (χ2n) is 4.82.